The van der Waals surface area contributed by atoms with Gasteiger partial charge in [0.2, 0.25) is 0 Å². The van der Waals surface area contributed by atoms with E-state index in [1.54, 1.807) is 6.07 Å². The third kappa shape index (κ3) is 5.14. The average Bonchev–Trinajstić information content (AvgIpc) is 2.68. The summed E-state index contributed by atoms with van der Waals surface area (Å²) >= 11 is 0. The van der Waals surface area contributed by atoms with Crippen molar-refractivity contribution >= 4 is 11.7 Å². The van der Waals surface area contributed by atoms with E-state index in [1.807, 2.05) is 48.5 Å². The van der Waals surface area contributed by atoms with Crippen molar-refractivity contribution in [3.63, 3.8) is 0 Å². The van der Waals surface area contributed by atoms with Crippen LogP contribution in [0.5, 0.6) is 0 Å². The zero-order valence-corrected chi connectivity index (χ0v) is 13.9. The van der Waals surface area contributed by atoms with Crippen LogP contribution in [-0.2, 0) is 13.0 Å². The minimum atomic E-state index is -0.211. The first-order chi connectivity index (χ1) is 12.3. The summed E-state index contributed by atoms with van der Waals surface area (Å²) in [6, 6.07) is 21.7. The van der Waals surface area contributed by atoms with E-state index in [4.69, 9.17) is 0 Å². The van der Waals surface area contributed by atoms with Gasteiger partial charge in [0, 0.05) is 19.2 Å². The normalized spacial score (nSPS) is 10.2. The average molecular weight is 332 g/mol. The van der Waals surface area contributed by atoms with Crippen molar-refractivity contribution in [3.8, 4) is 0 Å². The van der Waals surface area contributed by atoms with Gasteiger partial charge in [-0.15, -0.1) is 0 Å². The molecule has 0 aliphatic carbocycles. The summed E-state index contributed by atoms with van der Waals surface area (Å²) in [4.78, 5) is 20.5. The molecule has 1 heterocycles. The number of amides is 1. The fraction of sp³-hybridized carbons (Fsp3) is 0.150. The molecule has 0 unspecified atom stereocenters. The lowest BCUT2D eigenvalue weighted by Crippen LogP contribution is -2.24. The molecule has 1 aromatic heterocycles. The van der Waals surface area contributed by atoms with Gasteiger partial charge in [-0.05, 0) is 17.5 Å². The van der Waals surface area contributed by atoms with Crippen molar-refractivity contribution in [2.24, 2.45) is 0 Å². The highest BCUT2D eigenvalue weighted by atomic mass is 16.1. The molecule has 3 aromatic rings. The molecular formula is C20H20N4O. The van der Waals surface area contributed by atoms with Gasteiger partial charge in [-0.2, -0.15) is 0 Å². The van der Waals surface area contributed by atoms with Gasteiger partial charge < -0.3 is 10.6 Å². The molecule has 1 amide bonds. The fourth-order valence-electron chi connectivity index (χ4n) is 2.43. The molecule has 2 aromatic carbocycles. The Kier molecular flexibility index (Phi) is 5.72. The summed E-state index contributed by atoms with van der Waals surface area (Å²) in [5.74, 6) is 0.438. The van der Waals surface area contributed by atoms with E-state index in [2.05, 4.69) is 32.7 Å². The summed E-state index contributed by atoms with van der Waals surface area (Å²) in [6.07, 6.45) is 2.29. The second-order valence-electron chi connectivity index (χ2n) is 5.62. The maximum atomic E-state index is 12.2. The first-order valence-electron chi connectivity index (χ1n) is 8.23. The summed E-state index contributed by atoms with van der Waals surface area (Å²) in [5.41, 5.74) is 2.66. The molecule has 0 spiro atoms. The number of carbonyl (C=O) groups is 1. The molecule has 5 heteroatoms. The molecule has 2 N–H and O–H groups in total. The smallest absolute Gasteiger partial charge is 0.270 e. The van der Waals surface area contributed by atoms with Crippen molar-refractivity contribution in [3.05, 3.63) is 89.9 Å². The third-order valence-corrected chi connectivity index (χ3v) is 3.76. The number of aromatic nitrogens is 2. The molecule has 126 valence electrons. The number of nitrogens with one attached hydrogen (secondary N) is 2. The first-order valence-corrected chi connectivity index (χ1v) is 8.23. The minimum absolute atomic E-state index is 0.211. The monoisotopic (exact) mass is 332 g/mol. The molecule has 0 fully saturated rings. The topological polar surface area (TPSA) is 66.9 Å². The Morgan fingerprint density at radius 1 is 0.880 bits per heavy atom. The lowest BCUT2D eigenvalue weighted by atomic mass is 10.1. The molecule has 0 aliphatic heterocycles. The minimum Gasteiger partial charge on any atom is -0.370 e. The van der Waals surface area contributed by atoms with Crippen LogP contribution in [0, 0.1) is 0 Å². The Balaban J connectivity index is 1.52. The molecule has 0 radical (unpaired) electrons. The lowest BCUT2D eigenvalue weighted by molar-refractivity contribution is 0.0946. The largest absolute Gasteiger partial charge is 0.370 e. The maximum Gasteiger partial charge on any atom is 0.270 e. The Bertz CT molecular complexity index is 806. The van der Waals surface area contributed by atoms with Crippen LogP contribution in [-0.4, -0.2) is 22.4 Å². The second-order valence-corrected chi connectivity index (χ2v) is 5.62. The molecule has 0 aliphatic rings. The van der Waals surface area contributed by atoms with E-state index in [0.29, 0.717) is 18.1 Å². The number of nitrogens with zero attached hydrogens (tertiary/aromatic N) is 2. The van der Waals surface area contributed by atoms with E-state index < -0.39 is 0 Å². The summed E-state index contributed by atoms with van der Waals surface area (Å²) < 4.78 is 0. The SMILES string of the molecule is O=C(NCc1ccccc1)c1cc(NCCc2ccccc2)ncn1. The van der Waals surface area contributed by atoms with Crippen LogP contribution in [0.2, 0.25) is 0 Å². The van der Waals surface area contributed by atoms with E-state index in [9.17, 15) is 4.79 Å². The van der Waals surface area contributed by atoms with Crippen LogP contribution in [0.1, 0.15) is 21.6 Å². The molecule has 0 saturated heterocycles. The highest BCUT2D eigenvalue weighted by molar-refractivity contribution is 5.92. The van der Waals surface area contributed by atoms with Crippen LogP contribution in [0.4, 0.5) is 5.82 Å². The summed E-state index contributed by atoms with van der Waals surface area (Å²) in [7, 11) is 0. The highest BCUT2D eigenvalue weighted by Gasteiger charge is 2.08. The second kappa shape index (κ2) is 8.59. The standard InChI is InChI=1S/C20H20N4O/c25-20(22-14-17-9-5-2-6-10-17)18-13-19(24-15-23-18)21-12-11-16-7-3-1-4-8-16/h1-10,13,15H,11-12,14H2,(H,22,25)(H,21,23,24). The van der Waals surface area contributed by atoms with Gasteiger partial charge >= 0.3 is 0 Å². The molecular weight excluding hydrogens is 312 g/mol. The van der Waals surface area contributed by atoms with Gasteiger partial charge in [0.05, 0.1) is 0 Å². The van der Waals surface area contributed by atoms with Crippen molar-refractivity contribution < 1.29 is 4.79 Å². The quantitative estimate of drug-likeness (QED) is 0.698. The number of rotatable bonds is 7. The highest BCUT2D eigenvalue weighted by Crippen LogP contribution is 2.06. The summed E-state index contributed by atoms with van der Waals surface area (Å²) in [6.45, 7) is 1.21. The Morgan fingerprint density at radius 2 is 1.56 bits per heavy atom. The van der Waals surface area contributed by atoms with Gasteiger partial charge in [0.15, 0.2) is 0 Å². The summed E-state index contributed by atoms with van der Waals surface area (Å²) in [5, 5.41) is 6.10. The van der Waals surface area contributed by atoms with Crippen LogP contribution in [0.25, 0.3) is 0 Å². The van der Waals surface area contributed by atoms with Gasteiger partial charge in [-0.1, -0.05) is 60.7 Å². The van der Waals surface area contributed by atoms with Gasteiger partial charge in [-0.25, -0.2) is 9.97 Å². The molecule has 0 bridgehead atoms. The van der Waals surface area contributed by atoms with Crippen molar-refractivity contribution in [1.82, 2.24) is 15.3 Å². The van der Waals surface area contributed by atoms with Gasteiger partial charge in [-0.3, -0.25) is 4.79 Å². The van der Waals surface area contributed by atoms with Gasteiger partial charge in [0.1, 0.15) is 17.8 Å². The number of hydrogen-bond donors (Lipinski definition) is 2. The van der Waals surface area contributed by atoms with E-state index in [1.165, 1.54) is 11.9 Å². The molecule has 3 rings (SSSR count). The first kappa shape index (κ1) is 16.6. The third-order valence-electron chi connectivity index (χ3n) is 3.76. The van der Waals surface area contributed by atoms with Crippen LogP contribution < -0.4 is 10.6 Å². The molecule has 5 nitrogen and oxygen atoms in total. The van der Waals surface area contributed by atoms with Gasteiger partial charge in [0.25, 0.3) is 5.91 Å². The van der Waals surface area contributed by atoms with Crippen molar-refractivity contribution in [2.75, 3.05) is 11.9 Å². The Hall–Kier alpha value is -3.21. The predicted molar refractivity (Wildman–Crippen MR) is 98.3 cm³/mol. The lowest BCUT2D eigenvalue weighted by Gasteiger charge is -2.08. The Labute approximate surface area is 147 Å². The number of carbonyl (C=O) groups excluding carboxylic acids is 1. The number of hydrogen-bond acceptors (Lipinski definition) is 4. The van der Waals surface area contributed by atoms with E-state index in [-0.39, 0.29) is 5.91 Å². The molecule has 0 saturated carbocycles. The zero-order chi connectivity index (χ0) is 17.3. The van der Waals surface area contributed by atoms with Crippen LogP contribution in [0.3, 0.4) is 0 Å². The van der Waals surface area contributed by atoms with Crippen molar-refractivity contribution in [1.29, 1.82) is 0 Å². The maximum absolute atomic E-state index is 12.2. The van der Waals surface area contributed by atoms with E-state index >= 15 is 0 Å². The number of anilines is 1. The molecule has 25 heavy (non-hydrogen) atoms. The Morgan fingerprint density at radius 3 is 2.28 bits per heavy atom. The van der Waals surface area contributed by atoms with Crippen LogP contribution >= 0.6 is 0 Å². The predicted octanol–water partition coefficient (Wildman–Crippen LogP) is 3.06. The van der Waals surface area contributed by atoms with Crippen LogP contribution in [0.15, 0.2) is 73.1 Å². The fourth-order valence-corrected chi connectivity index (χ4v) is 2.43. The van der Waals surface area contributed by atoms with E-state index in [0.717, 1.165) is 18.5 Å². The zero-order valence-electron chi connectivity index (χ0n) is 13.9. The molecule has 0 atom stereocenters. The number of benzene rings is 2. The van der Waals surface area contributed by atoms with Crippen molar-refractivity contribution in [2.45, 2.75) is 13.0 Å².